The molecule has 5 rings (SSSR count). The average molecular weight is 565 g/mol. The number of rotatable bonds is 6. The van der Waals surface area contributed by atoms with E-state index in [4.69, 9.17) is 10.5 Å². The lowest BCUT2D eigenvalue weighted by Gasteiger charge is -2.40. The molecular weight excluding hydrogens is 532 g/mol. The lowest BCUT2D eigenvalue weighted by molar-refractivity contribution is -0.155. The van der Waals surface area contributed by atoms with Crippen molar-refractivity contribution in [1.29, 1.82) is 0 Å². The third kappa shape index (κ3) is 4.45. The fraction of sp³-hybridized carbons (Fsp3) is 0.400. The van der Waals surface area contributed by atoms with E-state index in [1.54, 1.807) is 6.07 Å². The summed E-state index contributed by atoms with van der Waals surface area (Å²) in [5.74, 6) is -6.16. The van der Waals surface area contributed by atoms with Crippen molar-refractivity contribution < 1.29 is 44.3 Å². The van der Waals surface area contributed by atoms with Gasteiger partial charge in [0.25, 0.3) is 5.91 Å². The molecule has 41 heavy (non-hydrogen) atoms. The van der Waals surface area contributed by atoms with Crippen LogP contribution in [0.2, 0.25) is 0 Å². The Labute approximate surface area is 235 Å². The van der Waals surface area contributed by atoms with Crippen molar-refractivity contribution in [1.82, 2.24) is 5.32 Å². The summed E-state index contributed by atoms with van der Waals surface area (Å²) in [5.41, 5.74) is 2.40. The SMILES string of the molecule is CC(C)COC(=O)NCc1ccc(-c2ccc(O)c3c2C[C@H]2C[C@H]4CC(O)(C(N)=O)C(=O)[C@@]4(O)C(O)=C2C3=O)cc1. The number of phenols is 1. The monoisotopic (exact) mass is 564 g/mol. The first-order chi connectivity index (χ1) is 19.3. The molecule has 11 nitrogen and oxygen atoms in total. The molecule has 0 heterocycles. The maximum Gasteiger partial charge on any atom is 0.407 e. The van der Waals surface area contributed by atoms with E-state index in [9.17, 15) is 39.6 Å². The summed E-state index contributed by atoms with van der Waals surface area (Å²) >= 11 is 0. The molecule has 1 unspecified atom stereocenters. The number of allylic oxidation sites excluding steroid dienone is 1. The highest BCUT2D eigenvalue weighted by molar-refractivity contribution is 6.18. The fourth-order valence-corrected chi connectivity index (χ4v) is 6.23. The van der Waals surface area contributed by atoms with Crippen molar-refractivity contribution in [2.75, 3.05) is 6.61 Å². The van der Waals surface area contributed by atoms with Gasteiger partial charge < -0.3 is 36.2 Å². The zero-order valence-electron chi connectivity index (χ0n) is 22.6. The number of primary amides is 1. The molecular formula is C30H32N2O9. The standard InChI is InChI=1S/C30H32N2O9/c1-14(2)13-41-28(38)32-12-15-3-5-16(6-4-15)19-7-8-21(33)23-20(19)10-17-9-18-11-29(39,27(31)37)26(36)30(18,40)25(35)22(17)24(23)34/h3-8,14,17-18,33,35,39-40H,9-13H2,1-2H3,(H2,31,37)(H,32,38)/t17-,18+,29?,30+/m1/s1. The van der Waals surface area contributed by atoms with Gasteiger partial charge in [0.15, 0.2) is 11.4 Å². The minimum absolute atomic E-state index is 0.0228. The average Bonchev–Trinajstić information content (AvgIpc) is 3.13. The quantitative estimate of drug-likeness (QED) is 0.284. The molecule has 3 aliphatic carbocycles. The molecule has 11 heteroatoms. The second-order valence-corrected chi connectivity index (χ2v) is 11.5. The van der Waals surface area contributed by atoms with Gasteiger partial charge in [0.05, 0.1) is 12.2 Å². The zero-order valence-corrected chi connectivity index (χ0v) is 22.6. The summed E-state index contributed by atoms with van der Waals surface area (Å²) in [7, 11) is 0. The number of hydrogen-bond acceptors (Lipinski definition) is 9. The number of Topliss-reactive ketones (excluding diaryl/α,β-unsaturated/α-hetero) is 2. The molecule has 4 atom stereocenters. The van der Waals surface area contributed by atoms with Crippen molar-refractivity contribution >= 4 is 23.6 Å². The highest BCUT2D eigenvalue weighted by atomic mass is 16.5. The number of carbonyl (C=O) groups is 4. The van der Waals surface area contributed by atoms with E-state index in [2.05, 4.69) is 5.32 Å². The fourth-order valence-electron chi connectivity index (χ4n) is 6.23. The molecule has 0 aromatic heterocycles. The normalized spacial score (nSPS) is 26.9. The van der Waals surface area contributed by atoms with Crippen LogP contribution in [0, 0.1) is 17.8 Å². The number of nitrogens with one attached hydrogen (secondary N) is 1. The van der Waals surface area contributed by atoms with Gasteiger partial charge in [-0.25, -0.2) is 4.79 Å². The van der Waals surface area contributed by atoms with Crippen LogP contribution in [-0.2, 0) is 27.3 Å². The summed E-state index contributed by atoms with van der Waals surface area (Å²) in [4.78, 5) is 50.4. The highest BCUT2D eigenvalue weighted by Crippen LogP contribution is 2.54. The number of nitrogens with two attached hydrogens (primary N) is 1. The number of ketones is 2. The van der Waals surface area contributed by atoms with Crippen LogP contribution < -0.4 is 11.1 Å². The molecule has 0 aliphatic heterocycles. The van der Waals surface area contributed by atoms with E-state index in [-0.39, 0.29) is 42.2 Å². The molecule has 3 aliphatic rings. The lowest BCUT2D eigenvalue weighted by Crippen LogP contribution is -2.55. The van der Waals surface area contributed by atoms with Crippen LogP contribution in [0.5, 0.6) is 5.75 Å². The molecule has 0 radical (unpaired) electrons. The molecule has 0 saturated heterocycles. The molecule has 2 aromatic rings. The Hall–Kier alpha value is -4.22. The minimum atomic E-state index is -2.67. The number of aliphatic hydroxyl groups is 3. The first-order valence-corrected chi connectivity index (χ1v) is 13.4. The Morgan fingerprint density at radius 3 is 2.41 bits per heavy atom. The Morgan fingerprint density at radius 1 is 1.10 bits per heavy atom. The number of aromatic hydroxyl groups is 1. The van der Waals surface area contributed by atoms with Gasteiger partial charge in [-0.1, -0.05) is 44.2 Å². The van der Waals surface area contributed by atoms with Crippen LogP contribution in [0.3, 0.4) is 0 Å². The highest BCUT2D eigenvalue weighted by Gasteiger charge is 2.69. The van der Waals surface area contributed by atoms with Gasteiger partial charge >= 0.3 is 6.09 Å². The van der Waals surface area contributed by atoms with Gasteiger partial charge in [0.1, 0.15) is 11.5 Å². The van der Waals surface area contributed by atoms with Crippen LogP contribution >= 0.6 is 0 Å². The summed E-state index contributed by atoms with van der Waals surface area (Å²) in [6.07, 6.45) is -0.793. The van der Waals surface area contributed by atoms with E-state index >= 15 is 0 Å². The Balaban J connectivity index is 1.45. The van der Waals surface area contributed by atoms with Crippen LogP contribution in [0.15, 0.2) is 47.7 Å². The molecule has 2 aromatic carbocycles. The van der Waals surface area contributed by atoms with Gasteiger partial charge in [0.2, 0.25) is 11.4 Å². The van der Waals surface area contributed by atoms with Crippen LogP contribution in [-0.4, -0.2) is 61.8 Å². The topological polar surface area (TPSA) is 196 Å². The first kappa shape index (κ1) is 28.3. The maximum atomic E-state index is 13.7. The number of hydrogen-bond donors (Lipinski definition) is 6. The summed E-state index contributed by atoms with van der Waals surface area (Å²) < 4.78 is 5.12. The third-order valence-corrected chi connectivity index (χ3v) is 8.32. The van der Waals surface area contributed by atoms with Gasteiger partial charge in [-0.2, -0.15) is 0 Å². The molecule has 1 saturated carbocycles. The van der Waals surface area contributed by atoms with Gasteiger partial charge in [-0.3, -0.25) is 14.4 Å². The molecule has 1 fully saturated rings. The summed E-state index contributed by atoms with van der Waals surface area (Å²) in [6, 6.07) is 10.3. The Kier molecular flexibility index (Phi) is 6.91. The van der Waals surface area contributed by atoms with E-state index in [1.807, 2.05) is 38.1 Å². The van der Waals surface area contributed by atoms with Gasteiger partial charge in [-0.15, -0.1) is 0 Å². The van der Waals surface area contributed by atoms with Crippen LogP contribution in [0.1, 0.15) is 48.2 Å². The molecule has 7 N–H and O–H groups in total. The predicted molar refractivity (Wildman–Crippen MR) is 145 cm³/mol. The largest absolute Gasteiger partial charge is 0.508 e. The number of carbonyl (C=O) groups excluding carboxylic acids is 4. The van der Waals surface area contributed by atoms with Crippen molar-refractivity contribution in [3.05, 3.63) is 64.4 Å². The third-order valence-electron chi connectivity index (χ3n) is 8.32. The van der Waals surface area contributed by atoms with Crippen molar-refractivity contribution in [3.63, 3.8) is 0 Å². The van der Waals surface area contributed by atoms with E-state index in [1.165, 1.54) is 6.07 Å². The van der Waals surface area contributed by atoms with Crippen molar-refractivity contribution in [2.24, 2.45) is 23.5 Å². The minimum Gasteiger partial charge on any atom is -0.508 e. The number of aliphatic hydroxyl groups excluding tert-OH is 1. The second kappa shape index (κ2) is 10.0. The zero-order chi connectivity index (χ0) is 29.9. The van der Waals surface area contributed by atoms with E-state index in [0.717, 1.165) is 11.1 Å². The Bertz CT molecular complexity index is 1500. The number of amides is 2. The smallest absolute Gasteiger partial charge is 0.407 e. The number of alkyl carbamates (subject to hydrolysis) is 1. The first-order valence-electron chi connectivity index (χ1n) is 13.4. The number of ether oxygens (including phenoxy) is 1. The Morgan fingerprint density at radius 2 is 1.78 bits per heavy atom. The molecule has 2 amide bonds. The van der Waals surface area contributed by atoms with Crippen molar-refractivity contribution in [3.8, 4) is 16.9 Å². The van der Waals surface area contributed by atoms with Gasteiger partial charge in [-0.05, 0) is 59.4 Å². The predicted octanol–water partition coefficient (Wildman–Crippen LogP) is 2.05. The van der Waals surface area contributed by atoms with E-state index < -0.39 is 58.8 Å². The second-order valence-electron chi connectivity index (χ2n) is 11.5. The lowest BCUT2D eigenvalue weighted by atomic mass is 9.65. The number of benzene rings is 2. The van der Waals surface area contributed by atoms with Crippen LogP contribution in [0.4, 0.5) is 4.79 Å². The summed E-state index contributed by atoms with van der Waals surface area (Å²) in [5, 5.41) is 46.3. The molecule has 216 valence electrons. The van der Waals surface area contributed by atoms with Crippen LogP contribution in [0.25, 0.3) is 11.1 Å². The van der Waals surface area contributed by atoms with Gasteiger partial charge in [0, 0.05) is 18.0 Å². The molecule has 0 bridgehead atoms. The maximum absolute atomic E-state index is 13.7. The summed E-state index contributed by atoms with van der Waals surface area (Å²) in [6.45, 7) is 4.44. The van der Waals surface area contributed by atoms with E-state index in [0.29, 0.717) is 17.7 Å². The number of fused-ring (bicyclic) bond motifs is 3. The number of phenolic OH excluding ortho intramolecular Hbond substituents is 1. The van der Waals surface area contributed by atoms with Crippen molar-refractivity contribution in [2.45, 2.75) is 50.9 Å². The molecule has 0 spiro atoms.